The highest BCUT2D eigenvalue weighted by atomic mass is 16.3. The van der Waals surface area contributed by atoms with Crippen molar-refractivity contribution >= 4 is 0 Å². The Morgan fingerprint density at radius 3 is 2.29 bits per heavy atom. The fraction of sp³-hybridized carbons (Fsp3) is 1.00. The van der Waals surface area contributed by atoms with Crippen molar-refractivity contribution in [3.05, 3.63) is 0 Å². The zero-order chi connectivity index (χ0) is 10.4. The molecular weight excluding hydrogens is 174 g/mol. The van der Waals surface area contributed by atoms with Gasteiger partial charge in [-0.15, -0.1) is 0 Å². The average Bonchev–Trinajstić information content (AvgIpc) is 2.15. The summed E-state index contributed by atoms with van der Waals surface area (Å²) in [6.07, 6.45) is 7.38. The van der Waals surface area contributed by atoms with E-state index in [0.717, 1.165) is 13.0 Å². The molecule has 84 valence electrons. The summed E-state index contributed by atoms with van der Waals surface area (Å²) in [7, 11) is 0. The van der Waals surface area contributed by atoms with Crippen molar-refractivity contribution in [1.82, 2.24) is 5.32 Å². The van der Waals surface area contributed by atoms with Gasteiger partial charge < -0.3 is 10.4 Å². The minimum Gasteiger partial charge on any atom is -0.396 e. The highest BCUT2D eigenvalue weighted by Gasteiger charge is 2.36. The molecule has 0 radical (unpaired) electrons. The largest absolute Gasteiger partial charge is 0.396 e. The van der Waals surface area contributed by atoms with Crippen LogP contribution in [-0.4, -0.2) is 24.3 Å². The van der Waals surface area contributed by atoms with Crippen LogP contribution in [0, 0.1) is 5.41 Å². The molecule has 2 heteroatoms. The van der Waals surface area contributed by atoms with E-state index in [-0.39, 0.29) is 0 Å². The maximum absolute atomic E-state index is 9.02. The Balaban J connectivity index is 2.26. The van der Waals surface area contributed by atoms with Gasteiger partial charge in [-0.05, 0) is 37.5 Å². The van der Waals surface area contributed by atoms with Gasteiger partial charge in [-0.3, -0.25) is 0 Å². The smallest absolute Gasteiger partial charge is 0.0436 e. The highest BCUT2D eigenvalue weighted by Crippen LogP contribution is 2.43. The zero-order valence-corrected chi connectivity index (χ0v) is 9.68. The SMILES string of the molecule is CCC(CC)NCC1(CCO)CCC1. The molecule has 1 saturated carbocycles. The molecule has 0 unspecified atom stereocenters. The third-order valence-electron chi connectivity index (χ3n) is 3.81. The third kappa shape index (κ3) is 2.96. The number of rotatable bonds is 7. The molecule has 0 saturated heterocycles. The second kappa shape index (κ2) is 5.72. The first-order valence-electron chi connectivity index (χ1n) is 6.10. The summed E-state index contributed by atoms with van der Waals surface area (Å²) in [5, 5.41) is 12.7. The maximum atomic E-state index is 9.02. The Bertz CT molecular complexity index is 150. The van der Waals surface area contributed by atoms with Gasteiger partial charge in [0, 0.05) is 19.2 Å². The van der Waals surface area contributed by atoms with Crippen LogP contribution in [0.5, 0.6) is 0 Å². The van der Waals surface area contributed by atoms with Crippen LogP contribution >= 0.6 is 0 Å². The molecular formula is C12H25NO. The van der Waals surface area contributed by atoms with Gasteiger partial charge in [-0.2, -0.15) is 0 Å². The lowest BCUT2D eigenvalue weighted by molar-refractivity contribution is 0.0822. The average molecular weight is 199 g/mol. The molecule has 0 aromatic rings. The van der Waals surface area contributed by atoms with E-state index in [4.69, 9.17) is 5.11 Å². The van der Waals surface area contributed by atoms with E-state index in [1.54, 1.807) is 0 Å². The zero-order valence-electron chi connectivity index (χ0n) is 9.68. The van der Waals surface area contributed by atoms with E-state index in [1.807, 2.05) is 0 Å². The Kier molecular flexibility index (Phi) is 4.90. The number of aliphatic hydroxyl groups excluding tert-OH is 1. The Hall–Kier alpha value is -0.0800. The van der Waals surface area contributed by atoms with Gasteiger partial charge in [-0.25, -0.2) is 0 Å². The molecule has 2 N–H and O–H groups in total. The van der Waals surface area contributed by atoms with E-state index >= 15 is 0 Å². The van der Waals surface area contributed by atoms with Gasteiger partial charge in [0.1, 0.15) is 0 Å². The van der Waals surface area contributed by atoms with Crippen LogP contribution in [0.25, 0.3) is 0 Å². The first-order valence-corrected chi connectivity index (χ1v) is 6.10. The van der Waals surface area contributed by atoms with Crippen LogP contribution in [0.15, 0.2) is 0 Å². The van der Waals surface area contributed by atoms with E-state index in [2.05, 4.69) is 19.2 Å². The maximum Gasteiger partial charge on any atom is 0.0436 e. The molecule has 1 aliphatic carbocycles. The van der Waals surface area contributed by atoms with Crippen molar-refractivity contribution < 1.29 is 5.11 Å². The summed E-state index contributed by atoms with van der Waals surface area (Å²) in [5.74, 6) is 0. The van der Waals surface area contributed by atoms with E-state index in [0.29, 0.717) is 18.1 Å². The summed E-state index contributed by atoms with van der Waals surface area (Å²) < 4.78 is 0. The predicted octanol–water partition coefficient (Wildman–Crippen LogP) is 2.32. The first kappa shape index (κ1) is 12.0. The Labute approximate surface area is 88.1 Å². The Morgan fingerprint density at radius 2 is 1.93 bits per heavy atom. The normalized spacial score (nSPS) is 19.7. The summed E-state index contributed by atoms with van der Waals surface area (Å²) >= 11 is 0. The fourth-order valence-corrected chi connectivity index (χ4v) is 2.37. The van der Waals surface area contributed by atoms with E-state index in [1.165, 1.54) is 32.1 Å². The highest BCUT2D eigenvalue weighted by molar-refractivity contribution is 4.90. The molecule has 1 aliphatic rings. The fourth-order valence-electron chi connectivity index (χ4n) is 2.37. The number of hydrogen-bond donors (Lipinski definition) is 2. The van der Waals surface area contributed by atoms with Gasteiger partial charge in [0.15, 0.2) is 0 Å². The molecule has 0 atom stereocenters. The molecule has 0 aromatic carbocycles. The molecule has 2 nitrogen and oxygen atoms in total. The summed E-state index contributed by atoms with van der Waals surface area (Å²) in [6.45, 7) is 5.94. The predicted molar refractivity (Wildman–Crippen MR) is 60.4 cm³/mol. The molecule has 1 rings (SSSR count). The molecule has 0 aromatic heterocycles. The minimum absolute atomic E-state index is 0.352. The molecule has 14 heavy (non-hydrogen) atoms. The third-order valence-corrected chi connectivity index (χ3v) is 3.81. The van der Waals surface area contributed by atoms with Crippen LogP contribution in [0.2, 0.25) is 0 Å². The first-order chi connectivity index (χ1) is 6.76. The second-order valence-electron chi connectivity index (χ2n) is 4.72. The molecule has 0 spiro atoms. The lowest BCUT2D eigenvalue weighted by atomic mass is 9.66. The molecule has 0 bridgehead atoms. The van der Waals surface area contributed by atoms with Gasteiger partial charge in [0.2, 0.25) is 0 Å². The van der Waals surface area contributed by atoms with Crippen LogP contribution in [0.1, 0.15) is 52.4 Å². The topological polar surface area (TPSA) is 32.3 Å². The van der Waals surface area contributed by atoms with Gasteiger partial charge in [0.05, 0.1) is 0 Å². The van der Waals surface area contributed by atoms with Crippen LogP contribution in [-0.2, 0) is 0 Å². The van der Waals surface area contributed by atoms with Crippen molar-refractivity contribution in [3.8, 4) is 0 Å². The van der Waals surface area contributed by atoms with Crippen LogP contribution in [0.3, 0.4) is 0 Å². The summed E-state index contributed by atoms with van der Waals surface area (Å²) in [4.78, 5) is 0. The van der Waals surface area contributed by atoms with Crippen LogP contribution in [0.4, 0.5) is 0 Å². The van der Waals surface area contributed by atoms with Crippen molar-refractivity contribution in [2.75, 3.05) is 13.2 Å². The van der Waals surface area contributed by atoms with Gasteiger partial charge in [-0.1, -0.05) is 20.3 Å². The van der Waals surface area contributed by atoms with Gasteiger partial charge >= 0.3 is 0 Å². The molecule has 0 aliphatic heterocycles. The molecule has 1 fully saturated rings. The van der Waals surface area contributed by atoms with Crippen molar-refractivity contribution in [1.29, 1.82) is 0 Å². The van der Waals surface area contributed by atoms with Crippen molar-refractivity contribution in [2.45, 2.75) is 58.4 Å². The molecule has 0 heterocycles. The standard InChI is InChI=1S/C12H25NO/c1-3-11(4-2)13-10-12(8-9-14)6-5-7-12/h11,13-14H,3-10H2,1-2H3. The lowest BCUT2D eigenvalue weighted by Gasteiger charge is -2.42. The summed E-state index contributed by atoms with van der Waals surface area (Å²) in [5.41, 5.74) is 0.442. The van der Waals surface area contributed by atoms with Crippen LogP contribution < -0.4 is 5.32 Å². The van der Waals surface area contributed by atoms with Crippen molar-refractivity contribution in [3.63, 3.8) is 0 Å². The monoisotopic (exact) mass is 199 g/mol. The lowest BCUT2D eigenvalue weighted by Crippen LogP contribution is -2.44. The number of aliphatic hydroxyl groups is 1. The second-order valence-corrected chi connectivity index (χ2v) is 4.72. The van der Waals surface area contributed by atoms with Crippen molar-refractivity contribution in [2.24, 2.45) is 5.41 Å². The summed E-state index contributed by atoms with van der Waals surface area (Å²) in [6, 6.07) is 0.672. The quantitative estimate of drug-likeness (QED) is 0.659. The van der Waals surface area contributed by atoms with E-state index < -0.39 is 0 Å². The minimum atomic E-state index is 0.352. The number of nitrogens with one attached hydrogen (secondary N) is 1. The molecule has 0 amide bonds. The number of hydrogen-bond acceptors (Lipinski definition) is 2. The van der Waals surface area contributed by atoms with E-state index in [9.17, 15) is 0 Å². The van der Waals surface area contributed by atoms with Gasteiger partial charge in [0.25, 0.3) is 0 Å². The Morgan fingerprint density at radius 1 is 1.29 bits per heavy atom.